The number of para-hydroxylation sites is 2. The lowest BCUT2D eigenvalue weighted by atomic mass is 9.65. The Hall–Kier alpha value is -7.74. The molecule has 3 fully saturated rings. The number of phenolic OH excluding ortho intramolecular Hbond substituents is 1. The van der Waals surface area contributed by atoms with Crippen LogP contribution in [0, 0.1) is 6.92 Å². The summed E-state index contributed by atoms with van der Waals surface area (Å²) in [5.74, 6) is 4.97. The van der Waals surface area contributed by atoms with Crippen LogP contribution >= 0.6 is 11.6 Å². The number of rotatable bonds is 13. The normalized spacial score (nSPS) is 22.4. The van der Waals surface area contributed by atoms with Crippen LogP contribution < -0.4 is 51.1 Å². The molecule has 0 radical (unpaired) electrons. The van der Waals surface area contributed by atoms with Crippen LogP contribution in [0.1, 0.15) is 139 Å². The van der Waals surface area contributed by atoms with E-state index < -0.39 is 0 Å². The number of aromatic hydroxyl groups is 1. The quantitative estimate of drug-likeness (QED) is 0.0593. The zero-order chi connectivity index (χ0) is 70.8. The van der Waals surface area contributed by atoms with E-state index in [0.29, 0.717) is 46.6 Å². The third kappa shape index (κ3) is 19.5. The van der Waals surface area contributed by atoms with Gasteiger partial charge in [-0.3, -0.25) is 9.80 Å². The minimum atomic E-state index is 0. The number of methoxy groups -OCH3 is 4. The van der Waals surface area contributed by atoms with E-state index in [-0.39, 0.29) is 22.4 Å². The maximum absolute atomic E-state index is 9.90. The molecule has 12 heteroatoms. The number of benzene rings is 8. The second-order valence-electron chi connectivity index (χ2n) is 29.6. The largest absolute Gasteiger partial charge is 1.00 e. The molecule has 10 nitrogen and oxygen atoms in total. The summed E-state index contributed by atoms with van der Waals surface area (Å²) in [6.07, 6.45) is 19.4. The van der Waals surface area contributed by atoms with Gasteiger partial charge in [-0.25, -0.2) is 4.57 Å². The van der Waals surface area contributed by atoms with Crippen LogP contribution in [0.4, 0.5) is 0 Å². The van der Waals surface area contributed by atoms with Gasteiger partial charge in [-0.15, -0.1) is 11.6 Å². The molecule has 16 rings (SSSR count). The molecular weight excluding hydrogens is 1350 g/mol. The predicted molar refractivity (Wildman–Crippen MR) is 414 cm³/mol. The molecule has 7 unspecified atom stereocenters. The van der Waals surface area contributed by atoms with Crippen molar-refractivity contribution in [1.29, 1.82) is 0 Å². The molecule has 3 saturated heterocycles. The van der Waals surface area contributed by atoms with Gasteiger partial charge in [0.15, 0.2) is 18.9 Å². The lowest BCUT2D eigenvalue weighted by molar-refractivity contribution is -0.688. The van der Waals surface area contributed by atoms with Gasteiger partial charge in [0.1, 0.15) is 28.7 Å². The Morgan fingerprint density at radius 3 is 1.47 bits per heavy atom. The molecule has 7 aliphatic rings. The first-order valence-electron chi connectivity index (χ1n) is 36.7. The van der Waals surface area contributed by atoms with E-state index in [1.807, 2.05) is 48.5 Å². The number of fused-ring (bicyclic) bond motifs is 12. The van der Waals surface area contributed by atoms with Gasteiger partial charge < -0.3 is 51.7 Å². The minimum Gasteiger partial charge on any atom is -1.00 e. The number of halogens is 2. The number of likely N-dealkylation sites (tertiary alicyclic amines) is 1. The van der Waals surface area contributed by atoms with Crippen LogP contribution in [0.5, 0.6) is 28.7 Å². The van der Waals surface area contributed by atoms with Crippen LogP contribution in [-0.2, 0) is 67.4 Å². The highest BCUT2D eigenvalue weighted by atomic mass is 79.9. The van der Waals surface area contributed by atoms with Crippen molar-refractivity contribution < 1.29 is 45.6 Å². The van der Waals surface area contributed by atoms with Crippen molar-refractivity contribution in [3.05, 3.63) is 297 Å². The highest BCUT2D eigenvalue weighted by Crippen LogP contribution is 2.49. The summed E-state index contributed by atoms with van der Waals surface area (Å²) in [6.45, 7) is 19.1. The van der Waals surface area contributed by atoms with Crippen molar-refractivity contribution in [3.63, 3.8) is 0 Å². The Morgan fingerprint density at radius 1 is 0.480 bits per heavy atom. The molecule has 7 atom stereocenters. The van der Waals surface area contributed by atoms with Gasteiger partial charge in [0.05, 0.1) is 34.3 Å². The van der Waals surface area contributed by atoms with Crippen molar-refractivity contribution in [2.45, 2.75) is 171 Å². The summed E-state index contributed by atoms with van der Waals surface area (Å²) >= 11 is 5.63. The number of nitrogens with zero attached hydrogens (tertiary/aromatic N) is 3. The van der Waals surface area contributed by atoms with Crippen molar-refractivity contribution in [2.75, 3.05) is 54.6 Å². The molecule has 5 heterocycles. The van der Waals surface area contributed by atoms with Crippen molar-refractivity contribution in [2.24, 2.45) is 0 Å². The van der Waals surface area contributed by atoms with Crippen molar-refractivity contribution in [1.82, 2.24) is 20.4 Å². The summed E-state index contributed by atoms with van der Waals surface area (Å²) in [5.41, 5.74) is 18.6. The van der Waals surface area contributed by atoms with Gasteiger partial charge in [0, 0.05) is 67.1 Å². The number of piperidine rings is 3. The highest BCUT2D eigenvalue weighted by molar-refractivity contribution is 6.17. The van der Waals surface area contributed by atoms with E-state index in [9.17, 15) is 5.11 Å². The summed E-state index contributed by atoms with van der Waals surface area (Å²) in [6, 6.07) is 73.8. The van der Waals surface area contributed by atoms with Gasteiger partial charge in [-0.1, -0.05) is 196 Å². The average molecular weight is 1460 g/mol. The molecule has 9 aromatic rings. The Kier molecular flexibility index (Phi) is 27.6. The molecule has 102 heavy (non-hydrogen) atoms. The number of ether oxygens (including phenoxy) is 4. The van der Waals surface area contributed by atoms with E-state index in [4.69, 9.17) is 30.5 Å². The van der Waals surface area contributed by atoms with Gasteiger partial charge in [0.25, 0.3) is 0 Å². The van der Waals surface area contributed by atoms with Crippen LogP contribution in [-0.4, -0.2) is 93.7 Å². The Labute approximate surface area is 625 Å². The van der Waals surface area contributed by atoms with E-state index in [1.165, 1.54) is 112 Å². The zero-order valence-electron chi connectivity index (χ0n) is 61.8. The van der Waals surface area contributed by atoms with E-state index in [2.05, 4.69) is 236 Å². The maximum atomic E-state index is 9.90. The first-order chi connectivity index (χ1) is 49.1. The Balaban J connectivity index is 0.000000134. The van der Waals surface area contributed by atoms with Gasteiger partial charge >= 0.3 is 0 Å². The molecule has 3 N–H and O–H groups in total. The standard InChI is InChI=1S/2C21H25NO.C14H19NO.C13H17NO.C13H14N.C8H9ClO.BrH/c1-21-11-12-22(15-16-7-4-3-5-8-16)17(14-21)13-18-19(21)9-6-10-20(18)23-2;1-17-12-13-22(16-18-8-4-3-5-9-18)20(14-17)15-19-10-6-7-11-21(19)23-2;1-14-6-7-15-10(9-14)8-11-12(14)4-3-5-13(11)16-2;1-13-5-6-14-9(8-13)7-10-11(13)3-2-4-12(10)15;1-12-7-9-14(10-8-12)11-13-5-3-2-4-6-13;1-10-8-5-3-2-4-7(8)6-9;/h3-10,17H,11-15H2,1-2H3;3-11,14,20H,12-13,15-16H2,1-2H3;3-5,10,15H,6-9H2,1-2H3;2-4,9,14-15H,5-8H2,1H3;2-10H,11H2,1H3;2-5H,6H2,1H3;1H/q;;;;+1;;/p-1. The smallest absolute Gasteiger partial charge is 0.173 e. The highest BCUT2D eigenvalue weighted by Gasteiger charge is 2.44. The second-order valence-corrected chi connectivity index (χ2v) is 29.9. The number of hydrogen-bond donors (Lipinski definition) is 3. The molecule has 4 aliphatic heterocycles. The van der Waals surface area contributed by atoms with Crippen LogP contribution in [0.15, 0.2) is 230 Å². The van der Waals surface area contributed by atoms with Crippen LogP contribution in [0.25, 0.3) is 0 Å². The number of phenols is 1. The SMILES string of the molecule is CC12CCNC(Cc3c(O)cccc31)C2.COc1cccc2c1CC1CC2(C)CCN1.COc1cccc2c1CC1CC2(C)CCN1Cc1ccccc1.COc1ccccc1CC1C=C(C)CCN1Cc1ccccc1.COc1ccccc1CCl.Cc1cc[n+](Cc2ccccc2)cc1.[Br-]. The van der Waals surface area contributed by atoms with Crippen LogP contribution in [0.3, 0.4) is 0 Å². The summed E-state index contributed by atoms with van der Waals surface area (Å²) < 4.78 is 23.9. The molecule has 0 spiro atoms. The first-order valence-corrected chi connectivity index (χ1v) is 37.3. The Morgan fingerprint density at radius 2 is 0.931 bits per heavy atom. The molecule has 0 saturated carbocycles. The van der Waals surface area contributed by atoms with Gasteiger partial charge in [-0.05, 0) is 206 Å². The fourth-order valence-electron chi connectivity index (χ4n) is 16.8. The van der Waals surface area contributed by atoms with Gasteiger partial charge in [0.2, 0.25) is 0 Å². The lowest BCUT2D eigenvalue weighted by Gasteiger charge is -2.50. The summed E-state index contributed by atoms with van der Waals surface area (Å²) in [5, 5.41) is 17.0. The topological polar surface area (TPSA) is 91.6 Å². The van der Waals surface area contributed by atoms with Crippen molar-refractivity contribution in [3.8, 4) is 28.7 Å². The molecule has 538 valence electrons. The number of aryl methyl sites for hydroxylation is 1. The molecule has 1 aromatic heterocycles. The van der Waals surface area contributed by atoms with Gasteiger partial charge in [-0.2, -0.15) is 0 Å². The number of alkyl halides is 1. The van der Waals surface area contributed by atoms with E-state index in [1.54, 1.807) is 28.4 Å². The number of aromatic nitrogens is 1. The fraction of sp³-hybridized carbons (Fsp3) is 0.389. The molecule has 8 aromatic carbocycles. The van der Waals surface area contributed by atoms with Crippen LogP contribution in [0.2, 0.25) is 0 Å². The number of hydrogen-bond acceptors (Lipinski definition) is 9. The molecule has 0 amide bonds. The predicted octanol–water partition coefficient (Wildman–Crippen LogP) is 14.6. The first kappa shape index (κ1) is 76.9. The van der Waals surface area contributed by atoms with Crippen molar-refractivity contribution >= 4 is 11.6 Å². The second kappa shape index (κ2) is 36.6. The van der Waals surface area contributed by atoms with E-state index >= 15 is 0 Å². The van der Waals surface area contributed by atoms with E-state index in [0.717, 1.165) is 99.9 Å². The fourth-order valence-corrected chi connectivity index (χ4v) is 17.0. The lowest BCUT2D eigenvalue weighted by Crippen LogP contribution is -3.00. The summed E-state index contributed by atoms with van der Waals surface area (Å²) in [4.78, 5) is 5.25. The number of pyridine rings is 1. The monoisotopic (exact) mass is 1450 g/mol. The third-order valence-electron chi connectivity index (χ3n) is 22.3. The average Bonchev–Trinajstić information content (AvgIpc) is 0.710. The Bertz CT molecular complexity index is 4100. The molecule has 6 bridgehead atoms. The molecular formula is C90H109BrClN5O5. The zero-order valence-corrected chi connectivity index (χ0v) is 64.1. The number of nitrogens with one attached hydrogen (secondary N) is 2. The molecule has 3 aliphatic carbocycles. The maximum Gasteiger partial charge on any atom is 0.173 e. The summed E-state index contributed by atoms with van der Waals surface area (Å²) in [7, 11) is 6.97. The minimum absolute atomic E-state index is 0. The third-order valence-corrected chi connectivity index (χ3v) is 22.6.